The number of thioether (sulfide) groups is 1. The zero-order chi connectivity index (χ0) is 16.3. The second-order valence-corrected chi connectivity index (χ2v) is 7.36. The maximum absolute atomic E-state index is 4.31. The van der Waals surface area contributed by atoms with E-state index in [2.05, 4.69) is 66.1 Å². The molecule has 3 nitrogen and oxygen atoms in total. The highest BCUT2D eigenvalue weighted by Gasteiger charge is 2.18. The lowest BCUT2D eigenvalue weighted by Crippen LogP contribution is -2.42. The lowest BCUT2D eigenvalue weighted by molar-refractivity contribution is 0.359. The predicted molar refractivity (Wildman–Crippen MR) is 116 cm³/mol. The van der Waals surface area contributed by atoms with Gasteiger partial charge in [-0.3, -0.25) is 4.99 Å². The molecule has 0 heterocycles. The molecule has 0 saturated carbocycles. The van der Waals surface area contributed by atoms with Crippen LogP contribution in [0, 0.1) is 5.41 Å². The summed E-state index contributed by atoms with van der Waals surface area (Å²) in [5.74, 6) is 2.14. The van der Waals surface area contributed by atoms with Gasteiger partial charge in [0.05, 0.1) is 0 Å². The minimum absolute atomic E-state index is 0. The summed E-state index contributed by atoms with van der Waals surface area (Å²) in [4.78, 5) is 4.31. The number of guanidine groups is 1. The Morgan fingerprint density at radius 3 is 2.43 bits per heavy atom. The molecule has 1 rings (SSSR count). The largest absolute Gasteiger partial charge is 0.356 e. The number of unbranched alkanes of at least 4 members (excludes halogenated alkanes) is 1. The number of nitrogens with zero attached hydrogens (tertiary/aromatic N) is 1. The molecule has 0 aliphatic rings. The molecule has 0 aliphatic carbocycles. The smallest absolute Gasteiger partial charge is 0.190 e. The first-order valence-corrected chi connectivity index (χ1v) is 9.44. The third-order valence-electron chi connectivity index (χ3n) is 3.55. The molecule has 0 bridgehead atoms. The van der Waals surface area contributed by atoms with Crippen molar-refractivity contribution in [1.82, 2.24) is 10.6 Å². The van der Waals surface area contributed by atoms with Gasteiger partial charge in [-0.25, -0.2) is 0 Å². The van der Waals surface area contributed by atoms with Crippen molar-refractivity contribution in [3.63, 3.8) is 0 Å². The third kappa shape index (κ3) is 10.9. The Labute approximate surface area is 163 Å². The van der Waals surface area contributed by atoms with Crippen LogP contribution in [0.15, 0.2) is 35.3 Å². The topological polar surface area (TPSA) is 36.4 Å². The van der Waals surface area contributed by atoms with Crippen molar-refractivity contribution in [2.45, 2.75) is 33.1 Å². The molecule has 5 heteroatoms. The average Bonchev–Trinajstić information content (AvgIpc) is 2.50. The number of hydrogen-bond acceptors (Lipinski definition) is 2. The van der Waals surface area contributed by atoms with Crippen molar-refractivity contribution < 1.29 is 0 Å². The van der Waals surface area contributed by atoms with E-state index in [1.165, 1.54) is 24.2 Å². The minimum Gasteiger partial charge on any atom is -0.356 e. The van der Waals surface area contributed by atoms with E-state index < -0.39 is 0 Å². The van der Waals surface area contributed by atoms with Gasteiger partial charge in [-0.1, -0.05) is 44.2 Å². The van der Waals surface area contributed by atoms with Gasteiger partial charge in [0.2, 0.25) is 0 Å². The Morgan fingerprint density at radius 1 is 1.13 bits per heavy atom. The first kappa shape index (κ1) is 22.6. The van der Waals surface area contributed by atoms with Crippen LogP contribution in [0.5, 0.6) is 0 Å². The lowest BCUT2D eigenvalue weighted by Gasteiger charge is -2.26. The van der Waals surface area contributed by atoms with Gasteiger partial charge < -0.3 is 10.6 Å². The molecule has 0 fully saturated rings. The number of halogens is 1. The molecule has 0 atom stereocenters. The first-order chi connectivity index (χ1) is 10.6. The number of rotatable bonds is 9. The van der Waals surface area contributed by atoms with Crippen LogP contribution in [0.1, 0.15) is 32.3 Å². The summed E-state index contributed by atoms with van der Waals surface area (Å²) in [6.07, 6.45) is 5.66. The van der Waals surface area contributed by atoms with Gasteiger partial charge in [0.25, 0.3) is 0 Å². The highest BCUT2D eigenvalue weighted by atomic mass is 127. The highest BCUT2D eigenvalue weighted by Crippen LogP contribution is 2.20. The van der Waals surface area contributed by atoms with E-state index >= 15 is 0 Å². The van der Waals surface area contributed by atoms with Crippen molar-refractivity contribution in [3.8, 4) is 0 Å². The van der Waals surface area contributed by atoms with Crippen LogP contribution >= 0.6 is 35.7 Å². The Kier molecular flexibility index (Phi) is 12.7. The molecule has 2 N–H and O–H groups in total. The predicted octanol–water partition coefficient (Wildman–Crippen LogP) is 4.18. The SMILES string of the molecule is CN=C(NCCCCSC)NCC(C)(C)Cc1ccccc1.I. The molecule has 1 aromatic carbocycles. The quantitative estimate of drug-likeness (QED) is 0.257. The van der Waals surface area contributed by atoms with Crippen LogP contribution in [-0.2, 0) is 6.42 Å². The average molecular weight is 449 g/mol. The number of hydrogen-bond donors (Lipinski definition) is 2. The fourth-order valence-corrected chi connectivity index (χ4v) is 2.83. The van der Waals surface area contributed by atoms with Gasteiger partial charge in [0.15, 0.2) is 5.96 Å². The molecule has 0 spiro atoms. The van der Waals surface area contributed by atoms with Crippen LogP contribution in [0.3, 0.4) is 0 Å². The summed E-state index contributed by atoms with van der Waals surface area (Å²) in [5.41, 5.74) is 1.58. The highest BCUT2D eigenvalue weighted by molar-refractivity contribution is 14.0. The summed E-state index contributed by atoms with van der Waals surface area (Å²) >= 11 is 1.91. The summed E-state index contributed by atoms with van der Waals surface area (Å²) in [7, 11) is 1.83. The van der Waals surface area contributed by atoms with Crippen molar-refractivity contribution in [2.75, 3.05) is 32.1 Å². The van der Waals surface area contributed by atoms with Crippen molar-refractivity contribution in [3.05, 3.63) is 35.9 Å². The summed E-state index contributed by atoms with van der Waals surface area (Å²) in [6, 6.07) is 10.7. The Hall–Kier alpha value is -0.430. The molecular weight excluding hydrogens is 417 g/mol. The lowest BCUT2D eigenvalue weighted by atomic mass is 9.86. The molecule has 0 aliphatic heterocycles. The standard InChI is InChI=1S/C18H31N3S.HI/c1-18(2,14-16-10-6-5-7-11-16)15-21-17(19-3)20-12-8-9-13-22-4;/h5-7,10-11H,8-9,12-15H2,1-4H3,(H2,19,20,21);1H. The van der Waals surface area contributed by atoms with E-state index in [9.17, 15) is 0 Å². The van der Waals surface area contributed by atoms with Crippen molar-refractivity contribution >= 4 is 41.7 Å². The van der Waals surface area contributed by atoms with E-state index in [4.69, 9.17) is 0 Å². The fraction of sp³-hybridized carbons (Fsp3) is 0.611. The van der Waals surface area contributed by atoms with Crippen LogP contribution in [0.4, 0.5) is 0 Å². The van der Waals surface area contributed by atoms with Gasteiger partial charge in [0.1, 0.15) is 0 Å². The summed E-state index contributed by atoms with van der Waals surface area (Å²) in [6.45, 7) is 6.48. The van der Waals surface area contributed by atoms with E-state index in [0.29, 0.717) is 0 Å². The first-order valence-electron chi connectivity index (χ1n) is 8.05. The number of aliphatic imine (C=N–C) groups is 1. The van der Waals surface area contributed by atoms with Gasteiger partial charge in [-0.05, 0) is 42.2 Å². The van der Waals surface area contributed by atoms with Gasteiger partial charge in [0, 0.05) is 20.1 Å². The van der Waals surface area contributed by atoms with Gasteiger partial charge in [-0.2, -0.15) is 11.8 Å². The monoisotopic (exact) mass is 449 g/mol. The molecule has 1 aromatic rings. The van der Waals surface area contributed by atoms with E-state index in [-0.39, 0.29) is 29.4 Å². The molecule has 0 radical (unpaired) electrons. The van der Waals surface area contributed by atoms with Crippen LogP contribution in [-0.4, -0.2) is 38.1 Å². The maximum atomic E-state index is 4.31. The zero-order valence-corrected chi connectivity index (χ0v) is 18.0. The molecule has 0 aromatic heterocycles. The molecule has 23 heavy (non-hydrogen) atoms. The van der Waals surface area contributed by atoms with E-state index in [1.807, 2.05) is 18.8 Å². The molecular formula is C18H32IN3S. The summed E-state index contributed by atoms with van der Waals surface area (Å²) < 4.78 is 0. The van der Waals surface area contributed by atoms with Gasteiger partial charge in [-0.15, -0.1) is 24.0 Å². The Balaban J connectivity index is 0.00000484. The molecule has 0 saturated heterocycles. The van der Waals surface area contributed by atoms with E-state index in [0.717, 1.165) is 25.5 Å². The normalized spacial score (nSPS) is 11.7. The van der Waals surface area contributed by atoms with E-state index in [1.54, 1.807) is 0 Å². The minimum atomic E-state index is 0. The second-order valence-electron chi connectivity index (χ2n) is 6.38. The summed E-state index contributed by atoms with van der Waals surface area (Å²) in [5, 5.41) is 6.85. The maximum Gasteiger partial charge on any atom is 0.190 e. The van der Waals surface area contributed by atoms with Gasteiger partial charge >= 0.3 is 0 Å². The molecule has 0 unspecified atom stereocenters. The fourth-order valence-electron chi connectivity index (χ4n) is 2.33. The van der Waals surface area contributed by atoms with Crippen LogP contribution in [0.25, 0.3) is 0 Å². The third-order valence-corrected chi connectivity index (χ3v) is 4.25. The Bertz CT molecular complexity index is 435. The van der Waals surface area contributed by atoms with Crippen molar-refractivity contribution in [1.29, 1.82) is 0 Å². The molecule has 0 amide bonds. The molecule has 132 valence electrons. The number of benzene rings is 1. The van der Waals surface area contributed by atoms with Crippen LogP contribution in [0.2, 0.25) is 0 Å². The zero-order valence-electron chi connectivity index (χ0n) is 14.9. The number of nitrogens with one attached hydrogen (secondary N) is 2. The second kappa shape index (κ2) is 12.9. The van der Waals surface area contributed by atoms with Crippen molar-refractivity contribution in [2.24, 2.45) is 10.4 Å². The Morgan fingerprint density at radius 2 is 1.83 bits per heavy atom. The van der Waals surface area contributed by atoms with Crippen LogP contribution < -0.4 is 10.6 Å².